The Morgan fingerprint density at radius 1 is 1.33 bits per heavy atom. The van der Waals surface area contributed by atoms with Crippen molar-refractivity contribution in [3.8, 4) is 10.4 Å². The van der Waals surface area contributed by atoms with E-state index in [2.05, 4.69) is 10.3 Å². The molecule has 1 N–H and O–H groups in total. The molecule has 0 aliphatic carbocycles. The number of amides is 2. The zero-order chi connectivity index (χ0) is 24.6. The lowest BCUT2D eigenvalue weighted by atomic mass is 9.88. The second kappa shape index (κ2) is 9.16. The van der Waals surface area contributed by atoms with E-state index in [4.69, 9.17) is 9.15 Å². The van der Waals surface area contributed by atoms with E-state index in [-0.39, 0.29) is 35.7 Å². The molecule has 0 spiro atoms. The second-order valence-electron chi connectivity index (χ2n) is 8.20. The van der Waals surface area contributed by atoms with Gasteiger partial charge in [-0.3, -0.25) is 10.1 Å². The third-order valence-corrected chi connectivity index (χ3v) is 6.59. The molecule has 2 aromatic heterocycles. The largest absolute Gasteiger partial charge is 0.466 e. The molecule has 2 aromatic rings. The first-order valence-corrected chi connectivity index (χ1v) is 11.1. The number of aromatic nitrogens is 1. The number of hydrogen-bond acceptors (Lipinski definition) is 7. The average Bonchev–Trinajstić information content (AvgIpc) is 3.34. The van der Waals surface area contributed by atoms with Gasteiger partial charge in [-0.25, -0.2) is 14.6 Å². The Balaban J connectivity index is 1.80. The number of carbonyl (C=O) groups excluding carboxylic acids is 2. The molecule has 1 atom stereocenters. The Morgan fingerprint density at radius 3 is 2.67 bits per heavy atom. The van der Waals surface area contributed by atoms with Crippen LogP contribution in [0.3, 0.4) is 0 Å². The van der Waals surface area contributed by atoms with Crippen molar-refractivity contribution in [2.75, 3.05) is 25.0 Å². The fraction of sp³-hybridized carbons (Fsp3) is 0.524. The first kappa shape index (κ1) is 24.7. The van der Waals surface area contributed by atoms with Crippen LogP contribution in [0.4, 0.5) is 23.1 Å². The van der Waals surface area contributed by atoms with Gasteiger partial charge in [0.15, 0.2) is 5.13 Å². The zero-order valence-electron chi connectivity index (χ0n) is 18.5. The van der Waals surface area contributed by atoms with E-state index >= 15 is 0 Å². The van der Waals surface area contributed by atoms with Crippen LogP contribution in [-0.2, 0) is 14.9 Å². The number of anilines is 1. The number of esters is 1. The minimum atomic E-state index is -4.62. The van der Waals surface area contributed by atoms with Gasteiger partial charge in [-0.05, 0) is 40.2 Å². The second-order valence-corrected chi connectivity index (χ2v) is 9.20. The Labute approximate surface area is 191 Å². The van der Waals surface area contributed by atoms with Crippen molar-refractivity contribution in [2.24, 2.45) is 5.92 Å². The summed E-state index contributed by atoms with van der Waals surface area (Å²) in [7, 11) is 0. The molecule has 1 aliphatic rings. The van der Waals surface area contributed by atoms with Crippen molar-refractivity contribution >= 4 is 28.5 Å². The van der Waals surface area contributed by atoms with E-state index in [1.807, 2.05) is 0 Å². The summed E-state index contributed by atoms with van der Waals surface area (Å²) in [5.41, 5.74) is -2.64. The molecule has 3 heterocycles. The number of likely N-dealkylation sites (tertiary alicyclic amines) is 1. The molecule has 0 unspecified atom stereocenters. The van der Waals surface area contributed by atoms with E-state index in [0.29, 0.717) is 23.5 Å². The van der Waals surface area contributed by atoms with Crippen molar-refractivity contribution in [3.63, 3.8) is 0 Å². The minimum absolute atomic E-state index is 0.219. The van der Waals surface area contributed by atoms with Gasteiger partial charge >= 0.3 is 23.8 Å². The third-order valence-electron chi connectivity index (χ3n) is 5.46. The van der Waals surface area contributed by atoms with Gasteiger partial charge in [0, 0.05) is 24.7 Å². The summed E-state index contributed by atoms with van der Waals surface area (Å²) in [6.07, 6.45) is -4.13. The SMILES string of the molecule is CCOC(=O)[C@@H]1CCN(C(=O)Nc2nc(C)c(-c3cc(C(C)(C)C(F)(F)F)oc(=O)c3)s2)C1. The van der Waals surface area contributed by atoms with E-state index in [0.717, 1.165) is 31.3 Å². The summed E-state index contributed by atoms with van der Waals surface area (Å²) in [6.45, 7) is 6.06. The van der Waals surface area contributed by atoms with Crippen LogP contribution in [0.25, 0.3) is 10.4 Å². The van der Waals surface area contributed by atoms with Gasteiger partial charge in [0.25, 0.3) is 0 Å². The highest BCUT2D eigenvalue weighted by molar-refractivity contribution is 7.19. The highest BCUT2D eigenvalue weighted by Crippen LogP contribution is 2.42. The molecule has 1 fully saturated rings. The van der Waals surface area contributed by atoms with Gasteiger partial charge in [-0.2, -0.15) is 13.2 Å². The number of carbonyl (C=O) groups is 2. The zero-order valence-corrected chi connectivity index (χ0v) is 19.4. The highest BCUT2D eigenvalue weighted by atomic mass is 32.1. The van der Waals surface area contributed by atoms with Crippen LogP contribution in [0.1, 0.15) is 38.6 Å². The third kappa shape index (κ3) is 5.21. The van der Waals surface area contributed by atoms with Crippen LogP contribution in [0.5, 0.6) is 0 Å². The lowest BCUT2D eigenvalue weighted by Gasteiger charge is -2.26. The number of alkyl halides is 3. The van der Waals surface area contributed by atoms with Gasteiger partial charge in [0.2, 0.25) is 0 Å². The number of nitrogens with zero attached hydrogens (tertiary/aromatic N) is 2. The molecule has 0 bridgehead atoms. The molecular formula is C21H24F3N3O5S. The van der Waals surface area contributed by atoms with E-state index in [9.17, 15) is 27.6 Å². The Kier molecular flexibility index (Phi) is 6.87. The quantitative estimate of drug-likeness (QED) is 0.630. The molecule has 1 saturated heterocycles. The maximum absolute atomic E-state index is 13.4. The fourth-order valence-corrected chi connectivity index (χ4v) is 4.28. The number of hydrogen-bond donors (Lipinski definition) is 1. The summed E-state index contributed by atoms with van der Waals surface area (Å²) in [4.78, 5) is 42.6. The minimum Gasteiger partial charge on any atom is -0.466 e. The van der Waals surface area contributed by atoms with Gasteiger partial charge in [-0.1, -0.05) is 11.3 Å². The summed E-state index contributed by atoms with van der Waals surface area (Å²) in [5.74, 6) is -1.25. The highest BCUT2D eigenvalue weighted by Gasteiger charge is 2.50. The summed E-state index contributed by atoms with van der Waals surface area (Å²) in [6, 6.07) is 1.81. The predicted octanol–water partition coefficient (Wildman–Crippen LogP) is 4.33. The number of nitrogens with one attached hydrogen (secondary N) is 1. The summed E-state index contributed by atoms with van der Waals surface area (Å²) in [5, 5.41) is 2.87. The molecule has 1 aliphatic heterocycles. The fourth-order valence-electron chi connectivity index (χ4n) is 3.34. The smallest absolute Gasteiger partial charge is 0.400 e. The molecule has 0 aromatic carbocycles. The maximum atomic E-state index is 13.4. The first-order valence-electron chi connectivity index (χ1n) is 10.3. The molecule has 180 valence electrons. The molecule has 0 radical (unpaired) electrons. The van der Waals surface area contributed by atoms with Crippen molar-refractivity contribution in [3.05, 3.63) is 34.0 Å². The van der Waals surface area contributed by atoms with Crippen molar-refractivity contribution < 1.29 is 31.9 Å². The van der Waals surface area contributed by atoms with Gasteiger partial charge in [-0.15, -0.1) is 0 Å². The molecule has 0 saturated carbocycles. The van der Waals surface area contributed by atoms with Crippen LogP contribution < -0.4 is 10.9 Å². The molecule has 2 amide bonds. The van der Waals surface area contributed by atoms with E-state index in [1.54, 1.807) is 13.8 Å². The Hall–Kier alpha value is -2.89. The van der Waals surface area contributed by atoms with Crippen molar-refractivity contribution in [2.45, 2.75) is 45.7 Å². The number of halogens is 3. The summed E-state index contributed by atoms with van der Waals surface area (Å²) < 4.78 is 50.1. The van der Waals surface area contributed by atoms with Crippen molar-refractivity contribution in [1.29, 1.82) is 0 Å². The molecular weight excluding hydrogens is 463 g/mol. The molecule has 3 rings (SSSR count). The number of aryl methyl sites for hydroxylation is 1. The average molecular weight is 488 g/mol. The van der Waals surface area contributed by atoms with Gasteiger partial charge in [0.05, 0.1) is 23.1 Å². The normalized spacial score (nSPS) is 16.7. The monoisotopic (exact) mass is 487 g/mol. The van der Waals surface area contributed by atoms with Crippen LogP contribution in [0.15, 0.2) is 21.3 Å². The van der Waals surface area contributed by atoms with Crippen LogP contribution in [0.2, 0.25) is 0 Å². The Morgan fingerprint density at radius 2 is 2.03 bits per heavy atom. The molecule has 12 heteroatoms. The predicted molar refractivity (Wildman–Crippen MR) is 115 cm³/mol. The van der Waals surface area contributed by atoms with E-state index < -0.39 is 29.0 Å². The van der Waals surface area contributed by atoms with Crippen molar-refractivity contribution in [1.82, 2.24) is 9.88 Å². The topological polar surface area (TPSA) is 102 Å². The number of thiazole rings is 1. The number of rotatable bonds is 5. The molecule has 33 heavy (non-hydrogen) atoms. The number of ether oxygens (including phenoxy) is 1. The lowest BCUT2D eigenvalue weighted by molar-refractivity contribution is -0.185. The molecule has 8 nitrogen and oxygen atoms in total. The maximum Gasteiger partial charge on any atom is 0.400 e. The lowest BCUT2D eigenvalue weighted by Crippen LogP contribution is -2.37. The Bertz CT molecular complexity index is 1110. The van der Waals surface area contributed by atoms with Crippen LogP contribution in [0, 0.1) is 12.8 Å². The van der Waals surface area contributed by atoms with Crippen LogP contribution in [-0.4, -0.2) is 47.8 Å². The first-order chi connectivity index (χ1) is 15.3. The number of urea groups is 1. The van der Waals surface area contributed by atoms with Gasteiger partial charge in [0.1, 0.15) is 11.2 Å². The van der Waals surface area contributed by atoms with Gasteiger partial charge < -0.3 is 14.1 Å². The summed E-state index contributed by atoms with van der Waals surface area (Å²) >= 11 is 1.03. The standard InChI is InChI=1S/C21H24F3N3O5S/c1-5-31-17(29)12-6-7-27(10-12)19(30)26-18-25-11(2)16(33-18)13-8-14(32-15(28)9-13)20(3,4)21(22,23)24/h8-9,12H,5-7,10H2,1-4H3,(H,25,26,30)/t12-/m1/s1. The van der Waals surface area contributed by atoms with Crippen LogP contribution >= 0.6 is 11.3 Å². The van der Waals surface area contributed by atoms with E-state index in [1.165, 1.54) is 11.0 Å².